The molecule has 9 heteroatoms. The third-order valence-corrected chi connectivity index (χ3v) is 6.10. The minimum absolute atomic E-state index is 0.112. The lowest BCUT2D eigenvalue weighted by Crippen LogP contribution is -2.22. The third kappa shape index (κ3) is 4.29. The van der Waals surface area contributed by atoms with Crippen LogP contribution in [0.5, 0.6) is 0 Å². The number of aromatic nitrogens is 5. The van der Waals surface area contributed by atoms with E-state index in [1.54, 1.807) is 15.5 Å². The summed E-state index contributed by atoms with van der Waals surface area (Å²) in [6, 6.07) is 15.4. The van der Waals surface area contributed by atoms with E-state index in [9.17, 15) is 4.79 Å². The first-order chi connectivity index (χ1) is 15.4. The van der Waals surface area contributed by atoms with E-state index >= 15 is 0 Å². The van der Waals surface area contributed by atoms with Gasteiger partial charge in [-0.2, -0.15) is 15.0 Å². The van der Waals surface area contributed by atoms with Gasteiger partial charge >= 0.3 is 0 Å². The van der Waals surface area contributed by atoms with Crippen LogP contribution in [0.4, 0.5) is 11.9 Å². The number of hydrogen-bond donors (Lipinski definition) is 1. The fourth-order valence-corrected chi connectivity index (χ4v) is 4.26. The zero-order chi connectivity index (χ0) is 22.8. The number of nitrogens with two attached hydrogens (primary N) is 1. The molecule has 2 N–H and O–H groups in total. The molecule has 0 saturated carbocycles. The molecular formula is C23H25N7OS. The van der Waals surface area contributed by atoms with Crippen molar-refractivity contribution in [2.45, 2.75) is 30.7 Å². The third-order valence-electron chi connectivity index (χ3n) is 5.05. The molecule has 1 unspecified atom stereocenters. The van der Waals surface area contributed by atoms with Gasteiger partial charge in [-0.1, -0.05) is 43.0 Å². The van der Waals surface area contributed by atoms with E-state index in [0.29, 0.717) is 27.8 Å². The number of rotatable bonds is 6. The summed E-state index contributed by atoms with van der Waals surface area (Å²) >= 11 is 1.41. The lowest BCUT2D eigenvalue weighted by molar-refractivity contribution is 0.805. The summed E-state index contributed by atoms with van der Waals surface area (Å²) in [5, 5.41) is 0.924. The Kier molecular flexibility index (Phi) is 6.09. The van der Waals surface area contributed by atoms with Crippen LogP contribution in [0.15, 0.2) is 58.5 Å². The molecule has 4 rings (SSSR count). The van der Waals surface area contributed by atoms with Crippen LogP contribution in [0.1, 0.15) is 30.5 Å². The van der Waals surface area contributed by atoms with Gasteiger partial charge in [0.1, 0.15) is 5.82 Å². The zero-order valence-corrected chi connectivity index (χ0v) is 19.3. The predicted octanol–water partition coefficient (Wildman–Crippen LogP) is 3.63. The molecule has 2 aromatic carbocycles. The summed E-state index contributed by atoms with van der Waals surface area (Å²) in [4.78, 5) is 33.1. The van der Waals surface area contributed by atoms with Crippen LogP contribution in [0.2, 0.25) is 0 Å². The highest BCUT2D eigenvalue weighted by Crippen LogP contribution is 2.34. The Morgan fingerprint density at radius 2 is 1.75 bits per heavy atom. The Hall–Kier alpha value is -3.46. The monoisotopic (exact) mass is 447 g/mol. The zero-order valence-electron chi connectivity index (χ0n) is 18.5. The Morgan fingerprint density at radius 1 is 1.03 bits per heavy atom. The number of hydrogen-bond acceptors (Lipinski definition) is 8. The summed E-state index contributed by atoms with van der Waals surface area (Å²) in [6.45, 7) is 4.06. The van der Waals surface area contributed by atoms with E-state index in [-0.39, 0.29) is 16.8 Å². The van der Waals surface area contributed by atoms with Crippen molar-refractivity contribution >= 4 is 34.6 Å². The standard InChI is InChI=1S/C23H25N7OS/c1-5-15-10-12-16(13-11-15)30-20(31)17-8-6-7-9-18(17)25-23(30)32-14(2)19-26-21(24)28-22(27-19)29(3)4/h6-14H,5H2,1-4H3,(H2,24,26,27,28). The molecule has 0 saturated heterocycles. The van der Waals surface area contributed by atoms with Crippen LogP contribution in [-0.2, 0) is 6.42 Å². The summed E-state index contributed by atoms with van der Waals surface area (Å²) < 4.78 is 1.65. The number of aryl methyl sites for hydroxylation is 1. The van der Waals surface area contributed by atoms with E-state index in [4.69, 9.17) is 10.7 Å². The second kappa shape index (κ2) is 8.96. The SMILES string of the molecule is CCc1ccc(-n2c(SC(C)c3nc(N)nc(N(C)C)n3)nc3ccccc3c2=O)cc1. The van der Waals surface area contributed by atoms with Crippen molar-refractivity contribution in [3.63, 3.8) is 0 Å². The second-order valence-electron chi connectivity index (χ2n) is 7.58. The van der Waals surface area contributed by atoms with Gasteiger partial charge in [-0.15, -0.1) is 0 Å². The van der Waals surface area contributed by atoms with E-state index in [1.807, 2.05) is 63.5 Å². The molecule has 0 amide bonds. The largest absolute Gasteiger partial charge is 0.368 e. The average Bonchev–Trinajstić information content (AvgIpc) is 2.79. The fraction of sp³-hybridized carbons (Fsp3) is 0.261. The summed E-state index contributed by atoms with van der Waals surface area (Å²) in [5.74, 6) is 1.17. The normalized spacial score (nSPS) is 12.1. The molecule has 0 radical (unpaired) electrons. The number of anilines is 2. The molecule has 0 aliphatic rings. The number of benzene rings is 2. The molecule has 0 aliphatic heterocycles. The van der Waals surface area contributed by atoms with Crippen molar-refractivity contribution in [1.29, 1.82) is 0 Å². The lowest BCUT2D eigenvalue weighted by Gasteiger charge is -2.17. The van der Waals surface area contributed by atoms with Crippen molar-refractivity contribution in [3.8, 4) is 5.69 Å². The van der Waals surface area contributed by atoms with Gasteiger partial charge in [0.05, 0.1) is 21.8 Å². The van der Waals surface area contributed by atoms with Crippen molar-refractivity contribution < 1.29 is 0 Å². The fourth-order valence-electron chi connectivity index (χ4n) is 3.29. The smallest absolute Gasteiger partial charge is 0.266 e. The molecule has 0 spiro atoms. The van der Waals surface area contributed by atoms with Gasteiger partial charge < -0.3 is 10.6 Å². The van der Waals surface area contributed by atoms with Gasteiger partial charge in [-0.05, 0) is 43.2 Å². The van der Waals surface area contributed by atoms with E-state index in [2.05, 4.69) is 21.9 Å². The van der Waals surface area contributed by atoms with Crippen LogP contribution in [-0.4, -0.2) is 38.6 Å². The molecular weight excluding hydrogens is 422 g/mol. The maximum atomic E-state index is 13.5. The quantitative estimate of drug-likeness (QED) is 0.353. The Morgan fingerprint density at radius 3 is 2.44 bits per heavy atom. The van der Waals surface area contributed by atoms with Gasteiger partial charge in [-0.25, -0.2) is 4.98 Å². The summed E-state index contributed by atoms with van der Waals surface area (Å²) in [7, 11) is 3.69. The highest BCUT2D eigenvalue weighted by atomic mass is 32.2. The van der Waals surface area contributed by atoms with Gasteiger partial charge in [-0.3, -0.25) is 9.36 Å². The van der Waals surface area contributed by atoms with Crippen molar-refractivity contribution in [3.05, 3.63) is 70.3 Å². The average molecular weight is 448 g/mol. The van der Waals surface area contributed by atoms with Crippen LogP contribution in [0.3, 0.4) is 0 Å². The number of nitrogens with zero attached hydrogens (tertiary/aromatic N) is 6. The summed E-state index contributed by atoms with van der Waals surface area (Å²) in [5.41, 5.74) is 8.42. The van der Waals surface area contributed by atoms with Crippen molar-refractivity contribution in [1.82, 2.24) is 24.5 Å². The molecule has 0 fully saturated rings. The molecule has 8 nitrogen and oxygen atoms in total. The van der Waals surface area contributed by atoms with Gasteiger partial charge in [0.2, 0.25) is 11.9 Å². The Labute approximate surface area is 190 Å². The highest BCUT2D eigenvalue weighted by molar-refractivity contribution is 7.99. The van der Waals surface area contributed by atoms with Crippen LogP contribution < -0.4 is 16.2 Å². The Balaban J connectivity index is 1.83. The van der Waals surface area contributed by atoms with Crippen LogP contribution in [0.25, 0.3) is 16.6 Å². The molecule has 164 valence electrons. The van der Waals surface area contributed by atoms with Gasteiger partial charge in [0, 0.05) is 14.1 Å². The second-order valence-corrected chi connectivity index (χ2v) is 8.89. The number of nitrogen functional groups attached to an aromatic ring is 1. The van der Waals surface area contributed by atoms with Crippen molar-refractivity contribution in [2.75, 3.05) is 24.7 Å². The van der Waals surface area contributed by atoms with Crippen molar-refractivity contribution in [2.24, 2.45) is 0 Å². The topological polar surface area (TPSA) is 103 Å². The van der Waals surface area contributed by atoms with Gasteiger partial charge in [0.15, 0.2) is 5.16 Å². The van der Waals surface area contributed by atoms with Crippen LogP contribution >= 0.6 is 11.8 Å². The highest BCUT2D eigenvalue weighted by Gasteiger charge is 2.20. The molecule has 1 atom stereocenters. The molecule has 0 bridgehead atoms. The lowest BCUT2D eigenvalue weighted by atomic mass is 10.1. The predicted molar refractivity (Wildman–Crippen MR) is 130 cm³/mol. The molecule has 2 heterocycles. The minimum atomic E-state index is -0.215. The molecule has 4 aromatic rings. The first-order valence-corrected chi connectivity index (χ1v) is 11.2. The first kappa shape index (κ1) is 21.8. The number of fused-ring (bicyclic) bond motifs is 1. The Bertz CT molecular complexity index is 1320. The molecule has 32 heavy (non-hydrogen) atoms. The van der Waals surface area contributed by atoms with E-state index in [0.717, 1.165) is 12.1 Å². The first-order valence-electron chi connectivity index (χ1n) is 10.3. The molecule has 2 aromatic heterocycles. The van der Waals surface area contributed by atoms with E-state index < -0.39 is 0 Å². The number of para-hydroxylation sites is 1. The van der Waals surface area contributed by atoms with Gasteiger partial charge in [0.25, 0.3) is 5.56 Å². The summed E-state index contributed by atoms with van der Waals surface area (Å²) in [6.07, 6.45) is 0.929. The molecule has 0 aliphatic carbocycles. The maximum absolute atomic E-state index is 13.5. The maximum Gasteiger partial charge on any atom is 0.266 e. The van der Waals surface area contributed by atoms with E-state index in [1.165, 1.54) is 17.3 Å². The van der Waals surface area contributed by atoms with Crippen LogP contribution in [0, 0.1) is 0 Å². The number of thioether (sulfide) groups is 1. The minimum Gasteiger partial charge on any atom is -0.368 e.